The molecule has 1 aromatic heterocycles. The van der Waals surface area contributed by atoms with Gasteiger partial charge in [0.2, 0.25) is 0 Å². The number of nitrogens with zero attached hydrogens (tertiary/aromatic N) is 5. The van der Waals surface area contributed by atoms with E-state index in [1.54, 1.807) is 0 Å². The molecule has 0 N–H and O–H groups in total. The first-order chi connectivity index (χ1) is 9.24. The number of hydrogen-bond acceptors (Lipinski definition) is 4. The van der Waals surface area contributed by atoms with Gasteiger partial charge < -0.3 is 0 Å². The van der Waals surface area contributed by atoms with Crippen LogP contribution in [0.4, 0.5) is 0 Å². The van der Waals surface area contributed by atoms with Crippen molar-refractivity contribution in [1.82, 2.24) is 14.7 Å². The molecule has 0 aromatic carbocycles. The van der Waals surface area contributed by atoms with Crippen LogP contribution in [-0.2, 0) is 7.05 Å². The van der Waals surface area contributed by atoms with Crippen molar-refractivity contribution in [1.29, 1.82) is 10.5 Å². The van der Waals surface area contributed by atoms with Crippen LogP contribution in [0.5, 0.6) is 0 Å². The fourth-order valence-corrected chi connectivity index (χ4v) is 2.75. The van der Waals surface area contributed by atoms with Crippen LogP contribution < -0.4 is 0 Å². The summed E-state index contributed by atoms with van der Waals surface area (Å²) >= 11 is 0. The average molecular weight is 257 g/mol. The molecule has 1 aliphatic heterocycles. The number of hydrogen-bond donors (Lipinski definition) is 0. The number of nitriles is 2. The Morgan fingerprint density at radius 1 is 1.53 bits per heavy atom. The Morgan fingerprint density at radius 2 is 2.37 bits per heavy atom. The molecule has 0 saturated carbocycles. The molecule has 0 unspecified atom stereocenters. The van der Waals surface area contributed by atoms with Gasteiger partial charge >= 0.3 is 0 Å². The van der Waals surface area contributed by atoms with Gasteiger partial charge in [-0.1, -0.05) is 0 Å². The molecule has 1 aliphatic rings. The van der Waals surface area contributed by atoms with Gasteiger partial charge in [-0.05, 0) is 25.8 Å². The van der Waals surface area contributed by atoms with Gasteiger partial charge in [-0.15, -0.1) is 0 Å². The summed E-state index contributed by atoms with van der Waals surface area (Å²) < 4.78 is 1.82. The Labute approximate surface area is 114 Å². The number of aromatic nitrogens is 2. The van der Waals surface area contributed by atoms with Crippen molar-refractivity contribution in [3.8, 4) is 12.1 Å². The van der Waals surface area contributed by atoms with E-state index < -0.39 is 0 Å². The summed E-state index contributed by atoms with van der Waals surface area (Å²) in [7, 11) is 1.92. The number of likely N-dealkylation sites (tertiary alicyclic amines) is 1. The summed E-state index contributed by atoms with van der Waals surface area (Å²) in [4.78, 5) is 2.36. The summed E-state index contributed by atoms with van der Waals surface area (Å²) in [6.07, 6.45) is 7.39. The van der Waals surface area contributed by atoms with E-state index in [0.717, 1.165) is 25.9 Å². The van der Waals surface area contributed by atoms with Crippen LogP contribution >= 0.6 is 0 Å². The van der Waals surface area contributed by atoms with Crippen molar-refractivity contribution in [3.05, 3.63) is 18.0 Å². The molecule has 2 heterocycles. The van der Waals surface area contributed by atoms with Crippen LogP contribution in [0.3, 0.4) is 0 Å². The zero-order valence-corrected chi connectivity index (χ0v) is 11.3. The van der Waals surface area contributed by atoms with Crippen molar-refractivity contribution >= 4 is 0 Å². The van der Waals surface area contributed by atoms with E-state index in [9.17, 15) is 5.26 Å². The van der Waals surface area contributed by atoms with E-state index in [0.29, 0.717) is 18.9 Å². The maximum atomic E-state index is 9.17. The molecule has 2 rings (SSSR count). The van der Waals surface area contributed by atoms with Gasteiger partial charge in [-0.2, -0.15) is 15.6 Å². The lowest BCUT2D eigenvalue weighted by atomic mass is 10.0. The van der Waals surface area contributed by atoms with Gasteiger partial charge in [0.1, 0.15) is 0 Å². The lowest BCUT2D eigenvalue weighted by molar-refractivity contribution is 0.230. The van der Waals surface area contributed by atoms with Crippen molar-refractivity contribution in [3.63, 3.8) is 0 Å². The molecule has 0 radical (unpaired) electrons. The van der Waals surface area contributed by atoms with E-state index in [-0.39, 0.29) is 5.92 Å². The Morgan fingerprint density at radius 3 is 3.00 bits per heavy atom. The predicted molar refractivity (Wildman–Crippen MR) is 70.7 cm³/mol. The van der Waals surface area contributed by atoms with Crippen molar-refractivity contribution < 1.29 is 0 Å². The van der Waals surface area contributed by atoms with E-state index in [1.807, 2.05) is 17.9 Å². The molecule has 1 aromatic rings. The topological polar surface area (TPSA) is 68.6 Å². The fraction of sp³-hybridized carbons (Fsp3) is 0.643. The van der Waals surface area contributed by atoms with Gasteiger partial charge in [0, 0.05) is 37.8 Å². The second-order valence-corrected chi connectivity index (χ2v) is 5.12. The smallest absolute Gasteiger partial charge is 0.0669 e. The number of rotatable bonds is 5. The standard InChI is InChI=1S/C14H19N5/c1-18-11-13(9-17-18)14-5-3-7-19(14)10-12(8-16)4-2-6-15/h9,11-12,14H,2-5,7,10H2,1H3/t12-,14-/m1/s1. The third-order valence-corrected chi connectivity index (χ3v) is 3.72. The first-order valence-electron chi connectivity index (χ1n) is 6.73. The van der Waals surface area contributed by atoms with Crippen LogP contribution in [0.2, 0.25) is 0 Å². The van der Waals surface area contributed by atoms with Gasteiger partial charge in [0.25, 0.3) is 0 Å². The van der Waals surface area contributed by atoms with Crippen molar-refractivity contribution in [2.24, 2.45) is 13.0 Å². The van der Waals surface area contributed by atoms with Gasteiger partial charge in [-0.3, -0.25) is 9.58 Å². The molecule has 5 heteroatoms. The normalized spacial score (nSPS) is 20.9. The first-order valence-corrected chi connectivity index (χ1v) is 6.73. The van der Waals surface area contributed by atoms with Crippen LogP contribution in [0.15, 0.2) is 12.4 Å². The minimum Gasteiger partial charge on any atom is -0.295 e. The molecule has 1 fully saturated rings. The molecule has 0 aliphatic carbocycles. The molecular weight excluding hydrogens is 238 g/mol. The van der Waals surface area contributed by atoms with Crippen LogP contribution in [0.1, 0.15) is 37.3 Å². The van der Waals surface area contributed by atoms with Crippen LogP contribution in [0.25, 0.3) is 0 Å². The molecule has 0 spiro atoms. The second-order valence-electron chi connectivity index (χ2n) is 5.12. The quantitative estimate of drug-likeness (QED) is 0.809. The van der Waals surface area contributed by atoms with E-state index in [4.69, 9.17) is 5.26 Å². The lowest BCUT2D eigenvalue weighted by Gasteiger charge is -2.25. The lowest BCUT2D eigenvalue weighted by Crippen LogP contribution is -2.28. The predicted octanol–water partition coefficient (Wildman–Crippen LogP) is 2.00. The van der Waals surface area contributed by atoms with Crippen LogP contribution in [0, 0.1) is 28.6 Å². The third-order valence-electron chi connectivity index (χ3n) is 3.72. The molecule has 1 saturated heterocycles. The van der Waals surface area contributed by atoms with E-state index in [2.05, 4.69) is 28.3 Å². The molecule has 0 bridgehead atoms. The summed E-state index contributed by atoms with van der Waals surface area (Å²) in [6, 6.07) is 4.83. The Balaban J connectivity index is 1.99. The fourth-order valence-electron chi connectivity index (χ4n) is 2.75. The molecule has 0 amide bonds. The zero-order valence-electron chi connectivity index (χ0n) is 11.3. The summed E-state index contributed by atoms with van der Waals surface area (Å²) in [6.45, 7) is 1.79. The molecule has 5 nitrogen and oxygen atoms in total. The van der Waals surface area contributed by atoms with E-state index in [1.165, 1.54) is 5.56 Å². The molecule has 2 atom stereocenters. The summed E-state index contributed by atoms with van der Waals surface area (Å²) in [5, 5.41) is 22.0. The van der Waals surface area contributed by atoms with Gasteiger partial charge in [-0.25, -0.2) is 0 Å². The minimum atomic E-state index is -0.0445. The SMILES string of the molecule is Cn1cc([C@H]2CCCN2C[C@@H](C#N)CCC#N)cn1. The third kappa shape index (κ3) is 3.33. The second kappa shape index (κ2) is 6.36. The highest BCUT2D eigenvalue weighted by Gasteiger charge is 2.28. The molecule has 19 heavy (non-hydrogen) atoms. The summed E-state index contributed by atoms with van der Waals surface area (Å²) in [5.74, 6) is -0.0445. The maximum absolute atomic E-state index is 9.17. The van der Waals surface area contributed by atoms with Gasteiger partial charge in [0.05, 0.1) is 24.3 Å². The van der Waals surface area contributed by atoms with Gasteiger partial charge in [0.15, 0.2) is 0 Å². The highest BCUT2D eigenvalue weighted by Crippen LogP contribution is 2.32. The maximum Gasteiger partial charge on any atom is 0.0669 e. The van der Waals surface area contributed by atoms with Crippen molar-refractivity contribution in [2.75, 3.05) is 13.1 Å². The van der Waals surface area contributed by atoms with Crippen LogP contribution in [-0.4, -0.2) is 27.8 Å². The molecule has 100 valence electrons. The Bertz CT molecular complexity index is 493. The minimum absolute atomic E-state index is 0.0445. The van der Waals surface area contributed by atoms with Crippen molar-refractivity contribution in [2.45, 2.75) is 31.7 Å². The summed E-state index contributed by atoms with van der Waals surface area (Å²) in [5.41, 5.74) is 1.23. The average Bonchev–Trinajstić information content (AvgIpc) is 3.02. The Hall–Kier alpha value is -1.85. The highest BCUT2D eigenvalue weighted by molar-refractivity contribution is 5.12. The first kappa shape index (κ1) is 13.6. The monoisotopic (exact) mass is 257 g/mol. The highest BCUT2D eigenvalue weighted by atomic mass is 15.3. The number of aryl methyl sites for hydroxylation is 1. The van der Waals surface area contributed by atoms with E-state index >= 15 is 0 Å². The zero-order chi connectivity index (χ0) is 13.7. The molecular formula is C14H19N5. The largest absolute Gasteiger partial charge is 0.295 e. The Kier molecular flexibility index (Phi) is 4.54.